The summed E-state index contributed by atoms with van der Waals surface area (Å²) in [4.78, 5) is 32.3. The van der Waals surface area contributed by atoms with Gasteiger partial charge in [0, 0.05) is 69.1 Å². The molecule has 2 amide bonds. The van der Waals surface area contributed by atoms with E-state index in [-0.39, 0.29) is 47.7 Å². The zero-order chi connectivity index (χ0) is 28.1. The molecular formula is C29H38F2N6O2. The number of amides is 2. The molecular weight excluding hydrogens is 502 g/mol. The number of benzene rings is 1. The van der Waals surface area contributed by atoms with Gasteiger partial charge in [0.2, 0.25) is 11.8 Å². The minimum absolute atomic E-state index is 0.0330. The number of piperazine rings is 1. The van der Waals surface area contributed by atoms with Gasteiger partial charge in [0.25, 0.3) is 0 Å². The molecule has 10 heteroatoms. The van der Waals surface area contributed by atoms with Crippen LogP contribution in [0.1, 0.15) is 58.0 Å². The summed E-state index contributed by atoms with van der Waals surface area (Å²) < 4.78 is 27.7. The quantitative estimate of drug-likeness (QED) is 0.607. The first-order valence-corrected chi connectivity index (χ1v) is 13.7. The third-order valence-corrected chi connectivity index (χ3v) is 8.09. The molecule has 1 unspecified atom stereocenters. The van der Waals surface area contributed by atoms with E-state index in [0.29, 0.717) is 49.5 Å². The maximum Gasteiger partial charge on any atom is 0.241 e. The number of halogens is 2. The molecule has 2 atom stereocenters. The van der Waals surface area contributed by atoms with Gasteiger partial charge in [-0.15, -0.1) is 0 Å². The van der Waals surface area contributed by atoms with E-state index in [1.165, 1.54) is 12.1 Å². The molecule has 0 aliphatic carbocycles. The summed E-state index contributed by atoms with van der Waals surface area (Å²) in [6.45, 7) is 13.8. The summed E-state index contributed by atoms with van der Waals surface area (Å²) in [5, 5.41) is 12.3. The highest BCUT2D eigenvalue weighted by atomic mass is 19.1. The van der Waals surface area contributed by atoms with Crippen LogP contribution in [0.4, 0.5) is 14.5 Å². The van der Waals surface area contributed by atoms with Gasteiger partial charge < -0.3 is 15.1 Å². The molecule has 5 rings (SSSR count). The Bertz CT molecular complexity index is 1280. The Morgan fingerprint density at radius 3 is 2.59 bits per heavy atom. The molecule has 8 nitrogen and oxygen atoms in total. The van der Waals surface area contributed by atoms with Gasteiger partial charge in [-0.2, -0.15) is 10.2 Å². The predicted octanol–water partition coefficient (Wildman–Crippen LogP) is 2.89. The smallest absolute Gasteiger partial charge is 0.241 e. The van der Waals surface area contributed by atoms with Crippen molar-refractivity contribution in [2.45, 2.75) is 65.0 Å². The fourth-order valence-electron chi connectivity index (χ4n) is 6.10. The lowest BCUT2D eigenvalue weighted by molar-refractivity contribution is -0.128. The van der Waals surface area contributed by atoms with Crippen molar-refractivity contribution in [2.75, 3.05) is 44.2 Å². The Kier molecular flexibility index (Phi) is 7.22. The van der Waals surface area contributed by atoms with Crippen molar-refractivity contribution in [3.05, 3.63) is 52.9 Å². The highest BCUT2D eigenvalue weighted by Gasteiger charge is 2.42. The number of aromatic nitrogens is 2. The maximum atomic E-state index is 14.3. The van der Waals surface area contributed by atoms with E-state index < -0.39 is 11.6 Å². The van der Waals surface area contributed by atoms with Crippen LogP contribution in [0.3, 0.4) is 0 Å². The maximum absolute atomic E-state index is 14.3. The Morgan fingerprint density at radius 2 is 1.90 bits per heavy atom. The van der Waals surface area contributed by atoms with Crippen LogP contribution in [0.25, 0.3) is 0 Å². The van der Waals surface area contributed by atoms with E-state index in [2.05, 4.69) is 41.2 Å². The van der Waals surface area contributed by atoms with Crippen LogP contribution in [0.5, 0.6) is 0 Å². The molecule has 4 heterocycles. The van der Waals surface area contributed by atoms with Crippen molar-refractivity contribution in [1.82, 2.24) is 25.3 Å². The monoisotopic (exact) mass is 540 g/mol. The van der Waals surface area contributed by atoms with E-state index in [1.807, 2.05) is 18.7 Å². The van der Waals surface area contributed by atoms with Gasteiger partial charge in [-0.05, 0) is 30.0 Å². The number of carbonyl (C=O) groups excluding carboxylic acids is 2. The molecule has 2 saturated heterocycles. The van der Waals surface area contributed by atoms with Gasteiger partial charge in [0.1, 0.15) is 11.6 Å². The zero-order valence-corrected chi connectivity index (χ0v) is 23.4. The summed E-state index contributed by atoms with van der Waals surface area (Å²) in [5.74, 6) is -1.14. The van der Waals surface area contributed by atoms with E-state index in [4.69, 9.17) is 0 Å². The summed E-state index contributed by atoms with van der Waals surface area (Å²) >= 11 is 0. The lowest BCUT2D eigenvalue weighted by atomic mass is 9.91. The van der Waals surface area contributed by atoms with E-state index in [9.17, 15) is 18.4 Å². The third kappa shape index (κ3) is 5.82. The molecule has 2 aromatic rings. The number of rotatable bonds is 6. The molecule has 1 aromatic heterocycles. The van der Waals surface area contributed by atoms with Gasteiger partial charge in [-0.1, -0.05) is 33.8 Å². The zero-order valence-electron chi connectivity index (χ0n) is 23.4. The molecule has 3 aliphatic heterocycles. The SMILES string of the molecule is CC1CN(CC(=O)N2CC(C)(C)c3nnc(Cc4ccc(F)cc4F)cc32)[C@@H](CN2CC(C)(C)CC2=O)CN1. The number of nitrogens with one attached hydrogen (secondary N) is 1. The minimum Gasteiger partial charge on any atom is -0.341 e. The number of fused-ring (bicyclic) bond motifs is 1. The molecule has 0 radical (unpaired) electrons. The summed E-state index contributed by atoms with van der Waals surface area (Å²) in [7, 11) is 0. The minimum atomic E-state index is -0.635. The first kappa shape index (κ1) is 27.6. The van der Waals surface area contributed by atoms with Crippen molar-refractivity contribution < 1.29 is 18.4 Å². The average molecular weight is 541 g/mol. The highest BCUT2D eigenvalue weighted by Crippen LogP contribution is 2.39. The summed E-state index contributed by atoms with van der Waals surface area (Å²) in [5.41, 5.74) is 1.83. The second-order valence-electron chi connectivity index (χ2n) is 12.9. The van der Waals surface area contributed by atoms with Crippen molar-refractivity contribution in [3.63, 3.8) is 0 Å². The largest absolute Gasteiger partial charge is 0.341 e. The van der Waals surface area contributed by atoms with Crippen LogP contribution >= 0.6 is 0 Å². The molecule has 1 N–H and O–H groups in total. The van der Waals surface area contributed by atoms with Crippen molar-refractivity contribution in [3.8, 4) is 0 Å². The van der Waals surface area contributed by atoms with Crippen LogP contribution in [0.15, 0.2) is 24.3 Å². The van der Waals surface area contributed by atoms with Gasteiger partial charge in [0.15, 0.2) is 0 Å². The van der Waals surface area contributed by atoms with E-state index in [1.54, 1.807) is 11.0 Å². The number of anilines is 1. The fraction of sp³-hybridized carbons (Fsp3) is 0.586. The number of likely N-dealkylation sites (tertiary alicyclic amines) is 1. The van der Waals surface area contributed by atoms with Crippen LogP contribution in [0, 0.1) is 17.0 Å². The van der Waals surface area contributed by atoms with E-state index >= 15 is 0 Å². The summed E-state index contributed by atoms with van der Waals surface area (Å²) in [6, 6.07) is 5.55. The number of nitrogens with zero attached hydrogens (tertiary/aromatic N) is 5. The van der Waals surface area contributed by atoms with Crippen LogP contribution in [-0.4, -0.2) is 83.2 Å². The molecule has 39 heavy (non-hydrogen) atoms. The molecule has 210 valence electrons. The summed E-state index contributed by atoms with van der Waals surface area (Å²) in [6.07, 6.45) is 0.694. The topological polar surface area (TPSA) is 81.7 Å². The first-order chi connectivity index (χ1) is 18.3. The molecule has 3 aliphatic rings. The van der Waals surface area contributed by atoms with Crippen molar-refractivity contribution in [1.29, 1.82) is 0 Å². The van der Waals surface area contributed by atoms with Gasteiger partial charge in [-0.25, -0.2) is 8.78 Å². The first-order valence-electron chi connectivity index (χ1n) is 13.7. The third-order valence-electron chi connectivity index (χ3n) is 8.09. The normalized spacial score (nSPS) is 24.3. The van der Waals surface area contributed by atoms with Crippen LogP contribution in [-0.2, 0) is 21.4 Å². The standard InChI is InChI=1S/C29H38F2N6O2/c1-18-13-35(22(12-32-18)14-36-16-28(2,3)11-25(36)38)15-26(39)37-17-29(4,5)27-24(37)10-21(33-34-27)8-19-6-7-20(30)9-23(19)31/h6-7,9-10,18,22,32H,8,11-17H2,1-5H3/t18?,22-/m1/s1. The number of hydrogen-bond acceptors (Lipinski definition) is 6. The van der Waals surface area contributed by atoms with Crippen molar-refractivity contribution in [2.24, 2.45) is 5.41 Å². The van der Waals surface area contributed by atoms with Gasteiger partial charge in [0.05, 0.1) is 23.6 Å². The average Bonchev–Trinajstić information content (AvgIpc) is 3.27. The van der Waals surface area contributed by atoms with Crippen LogP contribution < -0.4 is 10.2 Å². The number of carbonyl (C=O) groups is 2. The Balaban J connectivity index is 1.34. The molecule has 0 saturated carbocycles. The number of hydrogen-bond donors (Lipinski definition) is 1. The molecule has 0 spiro atoms. The van der Waals surface area contributed by atoms with Crippen molar-refractivity contribution >= 4 is 17.5 Å². The Labute approximate surface area is 228 Å². The van der Waals surface area contributed by atoms with Gasteiger partial charge >= 0.3 is 0 Å². The fourth-order valence-corrected chi connectivity index (χ4v) is 6.10. The molecule has 1 aromatic carbocycles. The van der Waals surface area contributed by atoms with E-state index in [0.717, 1.165) is 18.3 Å². The lowest BCUT2D eigenvalue weighted by Gasteiger charge is -2.41. The Morgan fingerprint density at radius 1 is 1.13 bits per heavy atom. The molecule has 0 bridgehead atoms. The second kappa shape index (κ2) is 10.2. The highest BCUT2D eigenvalue weighted by molar-refractivity contribution is 5.97. The van der Waals surface area contributed by atoms with Crippen LogP contribution in [0.2, 0.25) is 0 Å². The van der Waals surface area contributed by atoms with Gasteiger partial charge in [-0.3, -0.25) is 14.5 Å². The Hall–Kier alpha value is -2.98. The second-order valence-corrected chi connectivity index (χ2v) is 12.9. The predicted molar refractivity (Wildman–Crippen MR) is 144 cm³/mol. The lowest BCUT2D eigenvalue weighted by Crippen LogP contribution is -2.61. The molecule has 2 fully saturated rings.